The summed E-state index contributed by atoms with van der Waals surface area (Å²) in [5, 5.41) is 9.11. The summed E-state index contributed by atoms with van der Waals surface area (Å²) in [4.78, 5) is 28.3. The van der Waals surface area contributed by atoms with E-state index in [2.05, 4.69) is 20.9 Å². The van der Waals surface area contributed by atoms with Crippen molar-refractivity contribution in [1.82, 2.24) is 15.6 Å². The molecule has 1 fully saturated rings. The number of piperidine rings is 1. The Kier molecular flexibility index (Phi) is 7.56. The van der Waals surface area contributed by atoms with Crippen molar-refractivity contribution in [3.05, 3.63) is 59.9 Å². The van der Waals surface area contributed by atoms with Crippen LogP contribution in [0, 0.1) is 5.92 Å². The van der Waals surface area contributed by atoms with E-state index in [1.165, 1.54) is 0 Å². The van der Waals surface area contributed by atoms with E-state index in [0.29, 0.717) is 17.8 Å². The summed E-state index contributed by atoms with van der Waals surface area (Å²) in [5.74, 6) is 0.0156. The van der Waals surface area contributed by atoms with Gasteiger partial charge in [0.05, 0.1) is 0 Å². The lowest BCUT2D eigenvalue weighted by atomic mass is 9.97. The van der Waals surface area contributed by atoms with Gasteiger partial charge in [0.15, 0.2) is 0 Å². The molecule has 2 heterocycles. The van der Waals surface area contributed by atoms with Crippen LogP contribution in [0.25, 0.3) is 0 Å². The zero-order chi connectivity index (χ0) is 17.5. The van der Waals surface area contributed by atoms with Gasteiger partial charge in [-0.1, -0.05) is 12.1 Å². The Morgan fingerprint density at radius 2 is 1.85 bits per heavy atom. The molecule has 0 atom stereocenters. The fourth-order valence-electron chi connectivity index (χ4n) is 2.88. The number of hydrogen-bond acceptors (Lipinski definition) is 4. The zero-order valence-electron chi connectivity index (χ0n) is 14.4. The fraction of sp³-hybridized carbons (Fsp3) is 0.316. The van der Waals surface area contributed by atoms with Crippen LogP contribution >= 0.6 is 12.4 Å². The molecule has 2 amide bonds. The Hall–Kier alpha value is -2.44. The summed E-state index contributed by atoms with van der Waals surface area (Å²) >= 11 is 0. The van der Waals surface area contributed by atoms with Crippen LogP contribution in [0.5, 0.6) is 0 Å². The summed E-state index contributed by atoms with van der Waals surface area (Å²) in [6.45, 7) is 2.25. The summed E-state index contributed by atoms with van der Waals surface area (Å²) in [7, 11) is 0. The number of carbonyl (C=O) groups excluding carboxylic acids is 2. The number of hydrogen-bond donors (Lipinski definition) is 3. The van der Waals surface area contributed by atoms with Gasteiger partial charge in [0.25, 0.3) is 5.91 Å². The molecule has 0 saturated carbocycles. The molecule has 3 rings (SSSR count). The third kappa shape index (κ3) is 5.54. The predicted octanol–water partition coefficient (Wildman–Crippen LogP) is 2.37. The highest BCUT2D eigenvalue weighted by atomic mass is 35.5. The van der Waals surface area contributed by atoms with Gasteiger partial charge in [-0.2, -0.15) is 0 Å². The van der Waals surface area contributed by atoms with E-state index in [-0.39, 0.29) is 30.1 Å². The molecule has 1 aromatic carbocycles. The van der Waals surface area contributed by atoms with E-state index in [1.807, 2.05) is 24.3 Å². The molecule has 138 valence electrons. The van der Waals surface area contributed by atoms with Gasteiger partial charge in [-0.25, -0.2) is 0 Å². The van der Waals surface area contributed by atoms with Crippen molar-refractivity contribution < 1.29 is 9.59 Å². The maximum Gasteiger partial charge on any atom is 0.255 e. The van der Waals surface area contributed by atoms with Crippen LogP contribution in [-0.4, -0.2) is 29.9 Å². The normalized spacial score (nSPS) is 14.2. The second-order valence-electron chi connectivity index (χ2n) is 6.13. The van der Waals surface area contributed by atoms with Gasteiger partial charge in [-0.05, 0) is 55.8 Å². The monoisotopic (exact) mass is 374 g/mol. The van der Waals surface area contributed by atoms with Gasteiger partial charge < -0.3 is 16.0 Å². The summed E-state index contributed by atoms with van der Waals surface area (Å²) in [6, 6.07) is 10.8. The maximum atomic E-state index is 12.2. The van der Waals surface area contributed by atoms with Crippen molar-refractivity contribution in [1.29, 1.82) is 0 Å². The lowest BCUT2D eigenvalue weighted by Crippen LogP contribution is -2.37. The summed E-state index contributed by atoms with van der Waals surface area (Å²) in [5.41, 5.74) is 2.21. The second kappa shape index (κ2) is 9.89. The van der Waals surface area contributed by atoms with Gasteiger partial charge in [0.2, 0.25) is 5.91 Å². The van der Waals surface area contributed by atoms with Crippen molar-refractivity contribution in [2.45, 2.75) is 19.4 Å². The first-order valence-electron chi connectivity index (χ1n) is 8.51. The minimum atomic E-state index is -0.182. The number of aromatic nitrogens is 1. The zero-order valence-corrected chi connectivity index (χ0v) is 15.2. The number of carbonyl (C=O) groups is 2. The first-order chi connectivity index (χ1) is 12.2. The highest BCUT2D eigenvalue weighted by Gasteiger charge is 2.20. The molecular weight excluding hydrogens is 352 g/mol. The Morgan fingerprint density at radius 1 is 1.12 bits per heavy atom. The number of nitrogens with zero attached hydrogens (tertiary/aromatic N) is 1. The number of benzene rings is 1. The molecule has 0 bridgehead atoms. The number of rotatable bonds is 5. The number of anilines is 1. The minimum Gasteiger partial charge on any atom is -0.352 e. The Morgan fingerprint density at radius 3 is 2.58 bits per heavy atom. The van der Waals surface area contributed by atoms with Crippen LogP contribution in [0.3, 0.4) is 0 Å². The van der Waals surface area contributed by atoms with Crippen LogP contribution in [0.15, 0.2) is 48.8 Å². The third-order valence-corrected chi connectivity index (χ3v) is 4.30. The topological polar surface area (TPSA) is 83.1 Å². The van der Waals surface area contributed by atoms with Gasteiger partial charge >= 0.3 is 0 Å². The molecule has 0 unspecified atom stereocenters. The second-order valence-corrected chi connectivity index (χ2v) is 6.13. The largest absolute Gasteiger partial charge is 0.352 e. The predicted molar refractivity (Wildman–Crippen MR) is 103 cm³/mol. The molecule has 2 aromatic rings. The van der Waals surface area contributed by atoms with E-state index in [1.54, 1.807) is 24.5 Å². The number of amides is 2. The van der Waals surface area contributed by atoms with Gasteiger partial charge in [-0.15, -0.1) is 12.4 Å². The standard InChI is InChI=1S/C19H22N4O2.ClH/c24-18(15-4-8-20-9-5-15)22-13-14-2-1-3-17(12-14)23-19(25)16-6-10-21-11-7-16;/h1-3,6-7,10-12,15,20H,4-5,8-9,13H2,(H,22,24)(H,23,25);1H. The van der Waals surface area contributed by atoms with Crippen LogP contribution in [0.1, 0.15) is 28.8 Å². The van der Waals surface area contributed by atoms with Crippen molar-refractivity contribution in [3.63, 3.8) is 0 Å². The Labute approximate surface area is 159 Å². The quantitative estimate of drug-likeness (QED) is 0.750. The highest BCUT2D eigenvalue weighted by Crippen LogP contribution is 2.14. The molecule has 1 aliphatic heterocycles. The molecule has 26 heavy (non-hydrogen) atoms. The number of nitrogens with one attached hydrogen (secondary N) is 3. The molecule has 1 aromatic heterocycles. The van der Waals surface area contributed by atoms with Gasteiger partial charge in [-0.3, -0.25) is 14.6 Å². The highest BCUT2D eigenvalue weighted by molar-refractivity contribution is 6.04. The Balaban J connectivity index is 0.00000243. The number of halogens is 1. The van der Waals surface area contributed by atoms with E-state index < -0.39 is 0 Å². The molecular formula is C19H23ClN4O2. The van der Waals surface area contributed by atoms with E-state index >= 15 is 0 Å². The van der Waals surface area contributed by atoms with Crippen molar-refractivity contribution >= 4 is 29.9 Å². The van der Waals surface area contributed by atoms with Crippen LogP contribution in [0.2, 0.25) is 0 Å². The minimum absolute atomic E-state index is 0. The molecule has 0 spiro atoms. The van der Waals surface area contributed by atoms with Crippen LogP contribution in [0.4, 0.5) is 5.69 Å². The SMILES string of the molecule is Cl.O=C(Nc1cccc(CNC(=O)C2CCNCC2)c1)c1ccncc1. The van der Waals surface area contributed by atoms with E-state index in [4.69, 9.17) is 0 Å². The van der Waals surface area contributed by atoms with Crippen molar-refractivity contribution in [2.75, 3.05) is 18.4 Å². The van der Waals surface area contributed by atoms with E-state index in [0.717, 1.165) is 31.5 Å². The lowest BCUT2D eigenvalue weighted by molar-refractivity contribution is -0.125. The average molecular weight is 375 g/mol. The summed E-state index contributed by atoms with van der Waals surface area (Å²) in [6.07, 6.45) is 4.94. The first-order valence-corrected chi connectivity index (χ1v) is 8.51. The molecule has 1 aliphatic rings. The fourth-order valence-corrected chi connectivity index (χ4v) is 2.88. The Bertz CT molecular complexity index is 733. The van der Waals surface area contributed by atoms with Crippen molar-refractivity contribution in [2.24, 2.45) is 5.92 Å². The maximum absolute atomic E-state index is 12.2. The number of pyridine rings is 1. The van der Waals surface area contributed by atoms with Crippen LogP contribution < -0.4 is 16.0 Å². The average Bonchev–Trinajstić information content (AvgIpc) is 2.68. The lowest BCUT2D eigenvalue weighted by Gasteiger charge is -2.21. The molecule has 0 aliphatic carbocycles. The van der Waals surface area contributed by atoms with Crippen molar-refractivity contribution in [3.8, 4) is 0 Å². The van der Waals surface area contributed by atoms with Gasteiger partial charge in [0.1, 0.15) is 0 Å². The first kappa shape index (κ1) is 19.9. The third-order valence-electron chi connectivity index (χ3n) is 4.30. The van der Waals surface area contributed by atoms with Gasteiger partial charge in [0, 0.05) is 36.1 Å². The molecule has 0 radical (unpaired) electrons. The van der Waals surface area contributed by atoms with E-state index in [9.17, 15) is 9.59 Å². The molecule has 1 saturated heterocycles. The molecule has 6 nitrogen and oxygen atoms in total. The smallest absolute Gasteiger partial charge is 0.255 e. The molecule has 3 N–H and O–H groups in total. The molecule has 7 heteroatoms. The van der Waals surface area contributed by atoms with Crippen LogP contribution in [-0.2, 0) is 11.3 Å². The summed E-state index contributed by atoms with van der Waals surface area (Å²) < 4.78 is 0.